The second kappa shape index (κ2) is 4.72. The smallest absolute Gasteiger partial charge is 0.139 e. The van der Waals surface area contributed by atoms with Crippen LogP contribution in [0.5, 0.6) is 0 Å². The maximum atomic E-state index is 13.4. The average molecular weight is 290 g/mol. The molecule has 1 rings (SSSR count). The molecule has 0 radical (unpaired) electrons. The topological polar surface area (TPSA) is 32.3 Å². The molecule has 1 atom stereocenters. The predicted molar refractivity (Wildman–Crippen MR) is 68.2 cm³/mol. The van der Waals surface area contributed by atoms with Gasteiger partial charge in [0.25, 0.3) is 0 Å². The normalized spacial score (nSPS) is 13.7. The van der Waals surface area contributed by atoms with Gasteiger partial charge in [-0.05, 0) is 61.3 Å². The fourth-order valence-electron chi connectivity index (χ4n) is 1.21. The summed E-state index contributed by atoms with van der Waals surface area (Å²) in [5.74, 6) is -0.309. The lowest BCUT2D eigenvalue weighted by Crippen LogP contribution is -2.39. The third-order valence-corrected chi connectivity index (χ3v) is 3.31. The number of benzene rings is 1. The van der Waals surface area contributed by atoms with Gasteiger partial charge in [-0.15, -0.1) is 0 Å². The SMILES string of the molecule is Cc1cc(Br)c(F)cc1NC(C)C(C)(C)O. The van der Waals surface area contributed by atoms with Crippen LogP contribution in [0, 0.1) is 12.7 Å². The second-order valence-corrected chi connectivity index (χ2v) is 5.46. The third kappa shape index (κ3) is 3.19. The second-order valence-electron chi connectivity index (χ2n) is 4.60. The summed E-state index contributed by atoms with van der Waals surface area (Å²) in [4.78, 5) is 0. The van der Waals surface area contributed by atoms with E-state index >= 15 is 0 Å². The summed E-state index contributed by atoms with van der Waals surface area (Å²) in [6, 6.07) is 2.99. The van der Waals surface area contributed by atoms with E-state index in [1.54, 1.807) is 19.9 Å². The molecule has 0 aliphatic carbocycles. The summed E-state index contributed by atoms with van der Waals surface area (Å²) >= 11 is 3.13. The first-order chi connectivity index (χ1) is 7.21. The summed E-state index contributed by atoms with van der Waals surface area (Å²) in [6.45, 7) is 7.19. The fraction of sp³-hybridized carbons (Fsp3) is 0.500. The predicted octanol–water partition coefficient (Wildman–Crippen LogP) is 3.47. The van der Waals surface area contributed by atoms with Crippen molar-refractivity contribution in [3.8, 4) is 0 Å². The number of hydrogen-bond acceptors (Lipinski definition) is 2. The van der Waals surface area contributed by atoms with E-state index in [0.717, 1.165) is 5.56 Å². The van der Waals surface area contributed by atoms with Gasteiger partial charge in [0.05, 0.1) is 16.1 Å². The van der Waals surface area contributed by atoms with E-state index in [0.29, 0.717) is 10.2 Å². The Hall–Kier alpha value is -0.610. The van der Waals surface area contributed by atoms with Gasteiger partial charge in [-0.1, -0.05) is 0 Å². The average Bonchev–Trinajstić information content (AvgIpc) is 2.12. The Balaban J connectivity index is 2.94. The Bertz CT molecular complexity index is 387. The van der Waals surface area contributed by atoms with E-state index in [1.165, 1.54) is 6.07 Å². The van der Waals surface area contributed by atoms with Crippen molar-refractivity contribution in [2.24, 2.45) is 0 Å². The molecule has 2 N–H and O–H groups in total. The van der Waals surface area contributed by atoms with E-state index in [2.05, 4.69) is 21.2 Å². The van der Waals surface area contributed by atoms with Crippen LogP contribution >= 0.6 is 15.9 Å². The molecule has 0 amide bonds. The zero-order valence-electron chi connectivity index (χ0n) is 9.94. The Morgan fingerprint density at radius 2 is 2.00 bits per heavy atom. The van der Waals surface area contributed by atoms with Gasteiger partial charge in [-0.2, -0.15) is 0 Å². The molecule has 0 aromatic heterocycles. The van der Waals surface area contributed by atoms with Crippen LogP contribution in [-0.2, 0) is 0 Å². The van der Waals surface area contributed by atoms with Crippen LogP contribution in [0.1, 0.15) is 26.3 Å². The quantitative estimate of drug-likeness (QED) is 0.893. The summed E-state index contributed by atoms with van der Waals surface area (Å²) < 4.78 is 13.8. The Labute approximate surface area is 104 Å². The molecule has 2 nitrogen and oxygen atoms in total. The third-order valence-electron chi connectivity index (χ3n) is 2.70. The van der Waals surface area contributed by atoms with Crippen molar-refractivity contribution >= 4 is 21.6 Å². The maximum absolute atomic E-state index is 13.4. The van der Waals surface area contributed by atoms with Crippen LogP contribution in [0.3, 0.4) is 0 Å². The first-order valence-corrected chi connectivity index (χ1v) is 5.95. The van der Waals surface area contributed by atoms with Gasteiger partial charge in [0.2, 0.25) is 0 Å². The zero-order chi connectivity index (χ0) is 12.5. The molecule has 1 unspecified atom stereocenters. The van der Waals surface area contributed by atoms with Gasteiger partial charge in [-0.25, -0.2) is 4.39 Å². The first kappa shape index (κ1) is 13.5. The molecule has 0 saturated carbocycles. The fourth-order valence-corrected chi connectivity index (χ4v) is 1.67. The summed E-state index contributed by atoms with van der Waals surface area (Å²) in [5.41, 5.74) is 0.787. The van der Waals surface area contributed by atoms with Crippen LogP contribution in [0.4, 0.5) is 10.1 Å². The molecule has 0 fully saturated rings. The van der Waals surface area contributed by atoms with Gasteiger partial charge in [-0.3, -0.25) is 0 Å². The van der Waals surface area contributed by atoms with Crippen molar-refractivity contribution in [1.82, 2.24) is 0 Å². The van der Waals surface area contributed by atoms with Crippen molar-refractivity contribution in [2.75, 3.05) is 5.32 Å². The highest BCUT2D eigenvalue weighted by molar-refractivity contribution is 9.10. The molecule has 1 aromatic rings. The standard InChI is InChI=1S/C12H17BrFNO/c1-7-5-9(13)10(14)6-11(7)15-8(2)12(3,4)16/h5-6,8,15-16H,1-4H3. The van der Waals surface area contributed by atoms with Gasteiger partial charge < -0.3 is 10.4 Å². The van der Waals surface area contributed by atoms with Gasteiger partial charge >= 0.3 is 0 Å². The summed E-state index contributed by atoms with van der Waals surface area (Å²) in [7, 11) is 0. The zero-order valence-corrected chi connectivity index (χ0v) is 11.5. The monoisotopic (exact) mass is 289 g/mol. The summed E-state index contributed by atoms with van der Waals surface area (Å²) in [5, 5.41) is 12.9. The molecule has 0 heterocycles. The highest BCUT2D eigenvalue weighted by Gasteiger charge is 2.22. The molecule has 4 heteroatoms. The number of hydrogen-bond donors (Lipinski definition) is 2. The van der Waals surface area contributed by atoms with Gasteiger partial charge in [0, 0.05) is 5.69 Å². The lowest BCUT2D eigenvalue weighted by molar-refractivity contribution is 0.0649. The minimum atomic E-state index is -0.851. The molecule has 0 spiro atoms. The molecular weight excluding hydrogens is 273 g/mol. The van der Waals surface area contributed by atoms with Crippen LogP contribution in [0.15, 0.2) is 16.6 Å². The minimum Gasteiger partial charge on any atom is -0.388 e. The van der Waals surface area contributed by atoms with E-state index < -0.39 is 5.60 Å². The number of aryl methyl sites for hydroxylation is 1. The number of aliphatic hydroxyl groups is 1. The number of rotatable bonds is 3. The maximum Gasteiger partial charge on any atom is 0.139 e. The van der Waals surface area contributed by atoms with E-state index in [4.69, 9.17) is 0 Å². The highest BCUT2D eigenvalue weighted by atomic mass is 79.9. The molecule has 0 saturated heterocycles. The van der Waals surface area contributed by atoms with Crippen LogP contribution in [0.2, 0.25) is 0 Å². The lowest BCUT2D eigenvalue weighted by atomic mass is 10.00. The van der Waals surface area contributed by atoms with Gasteiger partial charge in [0.15, 0.2) is 0 Å². The number of halogens is 2. The van der Waals surface area contributed by atoms with Crippen molar-refractivity contribution < 1.29 is 9.50 Å². The van der Waals surface area contributed by atoms with Crippen LogP contribution < -0.4 is 5.32 Å². The largest absolute Gasteiger partial charge is 0.388 e. The molecule has 0 bridgehead atoms. The van der Waals surface area contributed by atoms with E-state index in [9.17, 15) is 9.50 Å². The highest BCUT2D eigenvalue weighted by Crippen LogP contribution is 2.25. The summed E-state index contributed by atoms with van der Waals surface area (Å²) in [6.07, 6.45) is 0. The number of nitrogens with one attached hydrogen (secondary N) is 1. The van der Waals surface area contributed by atoms with Crippen molar-refractivity contribution in [2.45, 2.75) is 39.3 Å². The Kier molecular flexibility index (Phi) is 3.97. The van der Waals surface area contributed by atoms with Crippen molar-refractivity contribution in [3.63, 3.8) is 0 Å². The molecular formula is C12H17BrFNO. The lowest BCUT2D eigenvalue weighted by Gasteiger charge is -2.28. The van der Waals surface area contributed by atoms with Crippen LogP contribution in [0.25, 0.3) is 0 Å². The minimum absolute atomic E-state index is 0.160. The first-order valence-electron chi connectivity index (χ1n) is 5.16. The van der Waals surface area contributed by atoms with E-state index in [-0.39, 0.29) is 11.9 Å². The number of anilines is 1. The Morgan fingerprint density at radius 1 is 1.44 bits per heavy atom. The van der Waals surface area contributed by atoms with Crippen LogP contribution in [-0.4, -0.2) is 16.7 Å². The molecule has 90 valence electrons. The van der Waals surface area contributed by atoms with Crippen molar-refractivity contribution in [3.05, 3.63) is 28.0 Å². The van der Waals surface area contributed by atoms with Crippen molar-refractivity contribution in [1.29, 1.82) is 0 Å². The molecule has 0 aliphatic heterocycles. The molecule has 16 heavy (non-hydrogen) atoms. The van der Waals surface area contributed by atoms with E-state index in [1.807, 2.05) is 13.8 Å². The molecule has 0 aliphatic rings. The van der Waals surface area contributed by atoms with Gasteiger partial charge in [0.1, 0.15) is 5.82 Å². The molecule has 1 aromatic carbocycles. The Morgan fingerprint density at radius 3 is 2.50 bits per heavy atom.